The Morgan fingerprint density at radius 3 is 2.81 bits per heavy atom. The molecule has 112 valence electrons. The predicted molar refractivity (Wildman–Crippen MR) is 84.4 cm³/mol. The van der Waals surface area contributed by atoms with Crippen molar-refractivity contribution < 1.29 is 9.47 Å². The molecule has 1 N–H and O–H groups in total. The van der Waals surface area contributed by atoms with Gasteiger partial charge in [-0.15, -0.1) is 11.3 Å². The van der Waals surface area contributed by atoms with E-state index in [2.05, 4.69) is 34.7 Å². The first-order chi connectivity index (χ1) is 10.3. The molecular formula is C16H20N2O2S. The highest BCUT2D eigenvalue weighted by Crippen LogP contribution is 2.34. The highest BCUT2D eigenvalue weighted by Gasteiger charge is 2.19. The van der Waals surface area contributed by atoms with Gasteiger partial charge in [-0.1, -0.05) is 13.0 Å². The average molecular weight is 304 g/mol. The van der Waals surface area contributed by atoms with E-state index in [1.165, 1.54) is 0 Å². The number of hydrogen-bond donors (Lipinski definition) is 1. The number of nitrogens with zero attached hydrogens (tertiary/aromatic N) is 1. The molecule has 0 aliphatic carbocycles. The van der Waals surface area contributed by atoms with E-state index < -0.39 is 0 Å². The summed E-state index contributed by atoms with van der Waals surface area (Å²) in [7, 11) is 0. The Kier molecular flexibility index (Phi) is 4.41. The van der Waals surface area contributed by atoms with Crippen LogP contribution in [-0.2, 0) is 0 Å². The first kappa shape index (κ1) is 14.4. The van der Waals surface area contributed by atoms with E-state index in [-0.39, 0.29) is 6.04 Å². The number of nitrogens with one attached hydrogen (secondary N) is 1. The van der Waals surface area contributed by atoms with Crippen LogP contribution in [0.3, 0.4) is 0 Å². The van der Waals surface area contributed by atoms with Crippen LogP contribution < -0.4 is 14.8 Å². The molecule has 0 fully saturated rings. The van der Waals surface area contributed by atoms with Gasteiger partial charge in [0.2, 0.25) is 0 Å². The third kappa shape index (κ3) is 3.19. The topological polar surface area (TPSA) is 43.4 Å². The Bertz CT molecular complexity index is 612. The molecule has 0 saturated heterocycles. The summed E-state index contributed by atoms with van der Waals surface area (Å²) >= 11 is 1.68. The fourth-order valence-electron chi connectivity index (χ4n) is 2.47. The second-order valence-electron chi connectivity index (χ2n) is 5.04. The molecule has 1 atom stereocenters. The van der Waals surface area contributed by atoms with Crippen molar-refractivity contribution in [1.29, 1.82) is 0 Å². The summed E-state index contributed by atoms with van der Waals surface area (Å²) in [6, 6.07) is 6.26. The summed E-state index contributed by atoms with van der Waals surface area (Å²) in [5, 5.41) is 6.70. The van der Waals surface area contributed by atoms with Crippen LogP contribution in [0.4, 0.5) is 0 Å². The van der Waals surface area contributed by atoms with Gasteiger partial charge in [0.1, 0.15) is 0 Å². The molecule has 4 nitrogen and oxygen atoms in total. The minimum atomic E-state index is 0.0945. The third-order valence-corrected chi connectivity index (χ3v) is 4.24. The zero-order chi connectivity index (χ0) is 14.7. The predicted octanol–water partition coefficient (Wildman–Crippen LogP) is 3.31. The lowest BCUT2D eigenvalue weighted by Crippen LogP contribution is -2.22. The quantitative estimate of drug-likeness (QED) is 0.941. The van der Waals surface area contributed by atoms with Gasteiger partial charge in [0.15, 0.2) is 11.5 Å². The first-order valence-corrected chi connectivity index (χ1v) is 8.21. The van der Waals surface area contributed by atoms with Crippen molar-refractivity contribution in [3.63, 3.8) is 0 Å². The Morgan fingerprint density at radius 1 is 1.29 bits per heavy atom. The Labute approximate surface area is 129 Å². The average Bonchev–Trinajstić information content (AvgIpc) is 2.78. The van der Waals surface area contributed by atoms with Gasteiger partial charge in [0.25, 0.3) is 0 Å². The lowest BCUT2D eigenvalue weighted by atomic mass is 10.0. The lowest BCUT2D eigenvalue weighted by molar-refractivity contribution is 0.297. The molecule has 0 amide bonds. The van der Waals surface area contributed by atoms with Crippen molar-refractivity contribution in [3.05, 3.63) is 39.8 Å². The van der Waals surface area contributed by atoms with E-state index in [0.29, 0.717) is 13.2 Å². The number of rotatable bonds is 4. The van der Waals surface area contributed by atoms with E-state index in [9.17, 15) is 0 Å². The summed E-state index contributed by atoms with van der Waals surface area (Å²) in [4.78, 5) is 4.62. The molecule has 1 unspecified atom stereocenters. The minimum Gasteiger partial charge on any atom is -0.490 e. The highest BCUT2D eigenvalue weighted by molar-refractivity contribution is 7.09. The SMILES string of the molecule is CCNC(c1ccc2c(c1)OCCCO2)c1csc(C)n1. The van der Waals surface area contributed by atoms with Crippen LogP contribution in [0.2, 0.25) is 0 Å². The zero-order valence-electron chi connectivity index (χ0n) is 12.4. The summed E-state index contributed by atoms with van der Waals surface area (Å²) < 4.78 is 11.5. The number of benzene rings is 1. The fourth-order valence-corrected chi connectivity index (χ4v) is 3.11. The van der Waals surface area contributed by atoms with Crippen LogP contribution in [-0.4, -0.2) is 24.7 Å². The molecule has 21 heavy (non-hydrogen) atoms. The maximum Gasteiger partial charge on any atom is 0.161 e. The lowest BCUT2D eigenvalue weighted by Gasteiger charge is -2.18. The van der Waals surface area contributed by atoms with Gasteiger partial charge in [-0.05, 0) is 31.2 Å². The molecule has 0 spiro atoms. The van der Waals surface area contributed by atoms with Crippen molar-refractivity contribution in [2.45, 2.75) is 26.3 Å². The van der Waals surface area contributed by atoms with Gasteiger partial charge in [-0.25, -0.2) is 4.98 Å². The van der Waals surface area contributed by atoms with E-state index in [0.717, 1.165) is 40.7 Å². The Morgan fingerprint density at radius 2 is 2.10 bits per heavy atom. The summed E-state index contributed by atoms with van der Waals surface area (Å²) in [5.74, 6) is 1.67. The van der Waals surface area contributed by atoms with Crippen molar-refractivity contribution in [3.8, 4) is 11.5 Å². The van der Waals surface area contributed by atoms with Gasteiger partial charge in [-0.2, -0.15) is 0 Å². The summed E-state index contributed by atoms with van der Waals surface area (Å²) in [6.45, 7) is 6.45. The van der Waals surface area contributed by atoms with Crippen molar-refractivity contribution in [2.75, 3.05) is 19.8 Å². The molecule has 0 bridgehead atoms. The molecule has 0 saturated carbocycles. The first-order valence-electron chi connectivity index (χ1n) is 7.33. The van der Waals surface area contributed by atoms with Crippen LogP contribution in [0, 0.1) is 6.92 Å². The van der Waals surface area contributed by atoms with Gasteiger partial charge in [-0.3, -0.25) is 0 Å². The largest absolute Gasteiger partial charge is 0.490 e. The molecule has 2 heterocycles. The van der Waals surface area contributed by atoms with Crippen LogP contribution in [0.1, 0.15) is 35.7 Å². The standard InChI is InChI=1S/C16H20N2O2S/c1-3-17-16(13-10-21-11(2)18-13)12-5-6-14-15(9-12)20-8-4-7-19-14/h5-6,9-10,16-17H,3-4,7-8H2,1-2H3. The number of hydrogen-bond acceptors (Lipinski definition) is 5. The zero-order valence-corrected chi connectivity index (χ0v) is 13.2. The number of fused-ring (bicyclic) bond motifs is 1. The van der Waals surface area contributed by atoms with E-state index in [4.69, 9.17) is 9.47 Å². The number of ether oxygens (including phenoxy) is 2. The molecule has 3 rings (SSSR count). The van der Waals surface area contributed by atoms with Crippen molar-refractivity contribution >= 4 is 11.3 Å². The Hall–Kier alpha value is -1.59. The van der Waals surface area contributed by atoms with Crippen LogP contribution in [0.25, 0.3) is 0 Å². The number of aromatic nitrogens is 1. The molecule has 1 aliphatic heterocycles. The Balaban J connectivity index is 1.94. The van der Waals surface area contributed by atoms with E-state index >= 15 is 0 Å². The van der Waals surface area contributed by atoms with E-state index in [1.807, 2.05) is 13.0 Å². The fraction of sp³-hybridized carbons (Fsp3) is 0.438. The molecule has 1 aliphatic rings. The van der Waals surface area contributed by atoms with Crippen molar-refractivity contribution in [1.82, 2.24) is 10.3 Å². The van der Waals surface area contributed by atoms with Crippen LogP contribution >= 0.6 is 11.3 Å². The van der Waals surface area contributed by atoms with Crippen LogP contribution in [0.5, 0.6) is 11.5 Å². The molecule has 1 aromatic carbocycles. The van der Waals surface area contributed by atoms with Crippen LogP contribution in [0.15, 0.2) is 23.6 Å². The van der Waals surface area contributed by atoms with E-state index in [1.54, 1.807) is 11.3 Å². The smallest absolute Gasteiger partial charge is 0.161 e. The maximum absolute atomic E-state index is 5.79. The normalized spacial score (nSPS) is 15.5. The molecule has 0 radical (unpaired) electrons. The van der Waals surface area contributed by atoms with Gasteiger partial charge >= 0.3 is 0 Å². The summed E-state index contributed by atoms with van der Waals surface area (Å²) in [5.41, 5.74) is 2.22. The third-order valence-electron chi connectivity index (χ3n) is 3.45. The summed E-state index contributed by atoms with van der Waals surface area (Å²) in [6.07, 6.45) is 0.923. The number of thiazole rings is 1. The number of aryl methyl sites for hydroxylation is 1. The highest BCUT2D eigenvalue weighted by atomic mass is 32.1. The van der Waals surface area contributed by atoms with Crippen molar-refractivity contribution in [2.24, 2.45) is 0 Å². The second-order valence-corrected chi connectivity index (χ2v) is 6.10. The second kappa shape index (κ2) is 6.45. The molecular weight excluding hydrogens is 284 g/mol. The minimum absolute atomic E-state index is 0.0945. The molecule has 5 heteroatoms. The van der Waals surface area contributed by atoms with Gasteiger partial charge in [0, 0.05) is 11.8 Å². The van der Waals surface area contributed by atoms with Gasteiger partial charge in [0.05, 0.1) is 30.0 Å². The molecule has 1 aromatic heterocycles. The maximum atomic E-state index is 5.79. The van der Waals surface area contributed by atoms with Gasteiger partial charge < -0.3 is 14.8 Å². The monoisotopic (exact) mass is 304 g/mol. The molecule has 2 aromatic rings.